The van der Waals surface area contributed by atoms with E-state index in [0.29, 0.717) is 12.5 Å². The molecule has 0 radical (unpaired) electrons. The zero-order valence-corrected chi connectivity index (χ0v) is 10.7. The van der Waals surface area contributed by atoms with E-state index in [1.807, 2.05) is 0 Å². The zero-order valence-electron chi connectivity index (χ0n) is 9.76. The number of aliphatic hydroxyl groups is 1. The maximum absolute atomic E-state index is 8.96. The van der Waals surface area contributed by atoms with Crippen molar-refractivity contribution in [3.63, 3.8) is 0 Å². The van der Waals surface area contributed by atoms with Crippen molar-refractivity contribution in [1.82, 2.24) is 0 Å². The highest BCUT2D eigenvalue weighted by Gasteiger charge is 2.04. The molecule has 0 saturated heterocycles. The highest BCUT2D eigenvalue weighted by molar-refractivity contribution is 7.38. The van der Waals surface area contributed by atoms with Crippen LogP contribution in [0.4, 0.5) is 0 Å². The fraction of sp³-hybridized carbons (Fsp3) is 1.00. The molecule has 15 heavy (non-hydrogen) atoms. The Bertz CT molecular complexity index is 109. The van der Waals surface area contributed by atoms with E-state index in [2.05, 4.69) is 13.8 Å². The molecule has 0 fully saturated rings. The Morgan fingerprint density at radius 2 is 1.47 bits per heavy atom. The number of hydrogen-bond acceptors (Lipinski definition) is 4. The molecule has 0 bridgehead atoms. The van der Waals surface area contributed by atoms with Crippen molar-refractivity contribution in [2.45, 2.75) is 52.4 Å². The highest BCUT2D eigenvalue weighted by atomic mass is 31.2. The first kappa shape index (κ1) is 17.7. The monoisotopic (exact) mass is 240 g/mol. The zero-order chi connectivity index (χ0) is 12.1. The van der Waals surface area contributed by atoms with E-state index in [9.17, 15) is 0 Å². The lowest BCUT2D eigenvalue weighted by atomic mass is 9.98. The average Bonchev–Trinajstić information content (AvgIpc) is 2.16. The lowest BCUT2D eigenvalue weighted by molar-refractivity contribution is 0.207. The second kappa shape index (κ2) is 14.3. The topological polar surface area (TPSA) is 80.9 Å². The van der Waals surface area contributed by atoms with Crippen molar-refractivity contribution in [3.05, 3.63) is 0 Å². The van der Waals surface area contributed by atoms with Crippen molar-refractivity contribution in [3.8, 4) is 0 Å². The van der Waals surface area contributed by atoms with Gasteiger partial charge in [-0.15, -0.1) is 0 Å². The molecule has 0 aromatic rings. The normalized spacial score (nSPS) is 12.2. The van der Waals surface area contributed by atoms with Gasteiger partial charge in [-0.2, -0.15) is 0 Å². The molecule has 0 aliphatic carbocycles. The van der Waals surface area contributed by atoms with Crippen molar-refractivity contribution < 1.29 is 19.8 Å². The Labute approximate surface area is 94.0 Å². The minimum absolute atomic E-state index is 0.386. The largest absolute Gasteiger partial charge is 0.396 e. The fourth-order valence-corrected chi connectivity index (χ4v) is 1.42. The first-order valence-electron chi connectivity index (χ1n) is 5.56. The second-order valence-electron chi connectivity index (χ2n) is 3.60. The van der Waals surface area contributed by atoms with Crippen LogP contribution in [0.15, 0.2) is 0 Å². The smallest absolute Gasteiger partial charge is 0.324 e. The van der Waals surface area contributed by atoms with E-state index in [1.165, 1.54) is 38.5 Å². The molecule has 0 aromatic carbocycles. The summed E-state index contributed by atoms with van der Waals surface area (Å²) in [6.45, 7) is 4.79. The molecule has 0 aromatic heterocycles. The van der Waals surface area contributed by atoms with Crippen molar-refractivity contribution in [2.24, 2.45) is 5.92 Å². The van der Waals surface area contributed by atoms with E-state index in [4.69, 9.17) is 19.8 Å². The molecule has 0 heterocycles. The van der Waals surface area contributed by atoms with E-state index in [1.54, 1.807) is 0 Å². The molecule has 0 spiro atoms. The van der Waals surface area contributed by atoms with E-state index < -0.39 is 8.60 Å². The molecule has 0 aliphatic heterocycles. The quantitative estimate of drug-likeness (QED) is 0.406. The standard InChI is InChI=1S/C10H22O.H3O3P/c1-3-5-6-8-10(9-11)7-4-2;1-4(2)3/h10-11H,3-9H2,1-2H3;1-3H. The van der Waals surface area contributed by atoms with Gasteiger partial charge in [0.05, 0.1) is 0 Å². The van der Waals surface area contributed by atoms with Gasteiger partial charge in [-0.25, -0.2) is 0 Å². The molecule has 4 N–H and O–H groups in total. The third-order valence-corrected chi connectivity index (χ3v) is 2.17. The molecule has 5 heteroatoms. The van der Waals surface area contributed by atoms with Gasteiger partial charge in [-0.05, 0) is 18.8 Å². The van der Waals surface area contributed by atoms with Crippen LogP contribution >= 0.6 is 8.60 Å². The van der Waals surface area contributed by atoms with E-state index in [0.717, 1.165) is 0 Å². The van der Waals surface area contributed by atoms with Gasteiger partial charge in [0.15, 0.2) is 0 Å². The van der Waals surface area contributed by atoms with E-state index >= 15 is 0 Å². The maximum atomic E-state index is 8.96. The second-order valence-corrected chi connectivity index (χ2v) is 4.14. The molecule has 1 unspecified atom stereocenters. The highest BCUT2D eigenvalue weighted by Crippen LogP contribution is 2.14. The molecule has 1 atom stereocenters. The van der Waals surface area contributed by atoms with Gasteiger partial charge in [-0.3, -0.25) is 0 Å². The van der Waals surface area contributed by atoms with Crippen LogP contribution in [0, 0.1) is 5.92 Å². The van der Waals surface area contributed by atoms with Crippen LogP contribution < -0.4 is 0 Å². The lowest BCUT2D eigenvalue weighted by Gasteiger charge is -2.11. The summed E-state index contributed by atoms with van der Waals surface area (Å²) in [6, 6.07) is 0. The van der Waals surface area contributed by atoms with Crippen molar-refractivity contribution >= 4 is 8.60 Å². The lowest BCUT2D eigenvalue weighted by Crippen LogP contribution is -2.05. The van der Waals surface area contributed by atoms with Crippen LogP contribution in [0.1, 0.15) is 52.4 Å². The number of aliphatic hydroxyl groups excluding tert-OH is 1. The summed E-state index contributed by atoms with van der Waals surface area (Å²) in [5.74, 6) is 0.576. The predicted molar refractivity (Wildman–Crippen MR) is 63.2 cm³/mol. The summed E-state index contributed by atoms with van der Waals surface area (Å²) in [7, 11) is -2.62. The average molecular weight is 240 g/mol. The van der Waals surface area contributed by atoms with Crippen LogP contribution in [-0.2, 0) is 0 Å². The van der Waals surface area contributed by atoms with Crippen LogP contribution in [-0.4, -0.2) is 26.4 Å². The van der Waals surface area contributed by atoms with Crippen molar-refractivity contribution in [1.29, 1.82) is 0 Å². The Morgan fingerprint density at radius 3 is 1.80 bits per heavy atom. The first-order valence-corrected chi connectivity index (χ1v) is 6.76. The molecule has 0 rings (SSSR count). The number of unbranched alkanes of at least 4 members (excludes halogenated alkanes) is 2. The van der Waals surface area contributed by atoms with Gasteiger partial charge in [0, 0.05) is 6.61 Å². The fourth-order valence-electron chi connectivity index (χ4n) is 1.42. The van der Waals surface area contributed by atoms with Crippen LogP contribution in [0.2, 0.25) is 0 Å². The Hall–Kier alpha value is 0.270. The summed E-state index contributed by atoms with van der Waals surface area (Å²) in [5, 5.41) is 8.96. The minimum Gasteiger partial charge on any atom is -0.396 e. The third kappa shape index (κ3) is 20.4. The molecular weight excluding hydrogens is 215 g/mol. The summed E-state index contributed by atoms with van der Waals surface area (Å²) in [6.07, 6.45) is 7.52. The van der Waals surface area contributed by atoms with Crippen LogP contribution in [0.3, 0.4) is 0 Å². The maximum Gasteiger partial charge on any atom is 0.324 e. The van der Waals surface area contributed by atoms with Gasteiger partial charge in [0.2, 0.25) is 0 Å². The summed E-state index contributed by atoms with van der Waals surface area (Å²) in [4.78, 5) is 21.7. The van der Waals surface area contributed by atoms with Gasteiger partial charge in [-0.1, -0.05) is 39.5 Å². The summed E-state index contributed by atoms with van der Waals surface area (Å²) in [5.41, 5.74) is 0. The first-order chi connectivity index (χ1) is 7.08. The SMILES string of the molecule is CCCCCC(CO)CCC.OP(O)O. The Balaban J connectivity index is 0. The number of rotatable bonds is 7. The molecule has 0 aliphatic rings. The molecular formula is C10H25O4P. The Morgan fingerprint density at radius 1 is 0.933 bits per heavy atom. The van der Waals surface area contributed by atoms with Gasteiger partial charge >= 0.3 is 8.60 Å². The van der Waals surface area contributed by atoms with Crippen LogP contribution in [0.5, 0.6) is 0 Å². The van der Waals surface area contributed by atoms with Gasteiger partial charge < -0.3 is 19.8 Å². The molecule has 0 saturated carbocycles. The van der Waals surface area contributed by atoms with Crippen LogP contribution in [0.25, 0.3) is 0 Å². The van der Waals surface area contributed by atoms with Gasteiger partial charge in [0.25, 0.3) is 0 Å². The number of hydrogen-bond donors (Lipinski definition) is 4. The molecule has 0 amide bonds. The van der Waals surface area contributed by atoms with Gasteiger partial charge in [0.1, 0.15) is 0 Å². The van der Waals surface area contributed by atoms with E-state index in [-0.39, 0.29) is 0 Å². The summed E-state index contributed by atoms with van der Waals surface area (Å²) < 4.78 is 0. The molecule has 94 valence electrons. The minimum atomic E-state index is -2.62. The predicted octanol–water partition coefficient (Wildman–Crippen LogP) is 2.17. The summed E-state index contributed by atoms with van der Waals surface area (Å²) >= 11 is 0. The molecule has 4 nitrogen and oxygen atoms in total. The van der Waals surface area contributed by atoms with Crippen molar-refractivity contribution in [2.75, 3.05) is 6.61 Å². The third-order valence-electron chi connectivity index (χ3n) is 2.17. The Kier molecular flexibility index (Phi) is 16.8.